The number of benzene rings is 1. The van der Waals surface area contributed by atoms with Crippen molar-refractivity contribution >= 4 is 5.97 Å². The van der Waals surface area contributed by atoms with Crippen LogP contribution in [-0.2, 0) is 11.3 Å². The SMILES string of the molecule is Cc1cc(C)cc(CN2CCCC(C(=O)O)C2)c1. The zero-order chi connectivity index (χ0) is 13.1. The van der Waals surface area contributed by atoms with E-state index in [9.17, 15) is 4.79 Å². The second kappa shape index (κ2) is 5.53. The molecule has 1 aromatic rings. The van der Waals surface area contributed by atoms with E-state index >= 15 is 0 Å². The van der Waals surface area contributed by atoms with Crippen LogP contribution in [0.25, 0.3) is 0 Å². The lowest BCUT2D eigenvalue weighted by Gasteiger charge is -2.30. The number of carbonyl (C=O) groups is 1. The molecule has 0 spiro atoms. The Balaban J connectivity index is 2.02. The molecule has 0 radical (unpaired) electrons. The van der Waals surface area contributed by atoms with Gasteiger partial charge in [0.05, 0.1) is 5.92 Å². The monoisotopic (exact) mass is 247 g/mol. The van der Waals surface area contributed by atoms with Crippen molar-refractivity contribution in [2.24, 2.45) is 5.92 Å². The number of carboxylic acid groups (broad SMARTS) is 1. The van der Waals surface area contributed by atoms with Gasteiger partial charge in [0.15, 0.2) is 0 Å². The number of aliphatic carboxylic acids is 1. The van der Waals surface area contributed by atoms with E-state index in [0.717, 1.165) is 25.9 Å². The summed E-state index contributed by atoms with van der Waals surface area (Å²) in [5, 5.41) is 9.08. The number of aryl methyl sites for hydroxylation is 2. The van der Waals surface area contributed by atoms with E-state index < -0.39 is 5.97 Å². The Hall–Kier alpha value is -1.35. The number of rotatable bonds is 3. The average molecular weight is 247 g/mol. The van der Waals surface area contributed by atoms with E-state index in [1.54, 1.807) is 0 Å². The van der Waals surface area contributed by atoms with Crippen LogP contribution >= 0.6 is 0 Å². The highest BCUT2D eigenvalue weighted by Crippen LogP contribution is 2.19. The van der Waals surface area contributed by atoms with E-state index in [2.05, 4.69) is 36.9 Å². The minimum Gasteiger partial charge on any atom is -0.481 e. The van der Waals surface area contributed by atoms with Gasteiger partial charge in [-0.25, -0.2) is 0 Å². The summed E-state index contributed by atoms with van der Waals surface area (Å²) in [6, 6.07) is 6.55. The quantitative estimate of drug-likeness (QED) is 0.892. The fourth-order valence-electron chi connectivity index (χ4n) is 2.82. The molecular formula is C15H21NO2. The Labute approximate surface area is 108 Å². The predicted molar refractivity (Wildman–Crippen MR) is 71.6 cm³/mol. The first-order chi connectivity index (χ1) is 8.54. The summed E-state index contributed by atoms with van der Waals surface area (Å²) in [6.45, 7) is 6.77. The molecule has 0 bridgehead atoms. The van der Waals surface area contributed by atoms with Crippen molar-refractivity contribution in [2.75, 3.05) is 13.1 Å². The minimum atomic E-state index is -0.653. The predicted octanol–water partition coefficient (Wildman–Crippen LogP) is 2.60. The minimum absolute atomic E-state index is 0.190. The van der Waals surface area contributed by atoms with Crippen LogP contribution in [0.1, 0.15) is 29.5 Å². The third-order valence-electron chi connectivity index (χ3n) is 3.54. The van der Waals surface area contributed by atoms with Crippen LogP contribution < -0.4 is 0 Å². The van der Waals surface area contributed by atoms with E-state index in [1.165, 1.54) is 16.7 Å². The highest BCUT2D eigenvalue weighted by atomic mass is 16.4. The van der Waals surface area contributed by atoms with Crippen molar-refractivity contribution in [3.63, 3.8) is 0 Å². The van der Waals surface area contributed by atoms with Crippen LogP contribution in [0.4, 0.5) is 0 Å². The molecule has 1 atom stereocenters. The van der Waals surface area contributed by atoms with Gasteiger partial charge in [-0.3, -0.25) is 9.69 Å². The second-order valence-corrected chi connectivity index (χ2v) is 5.41. The molecular weight excluding hydrogens is 226 g/mol. The molecule has 1 heterocycles. The number of nitrogens with zero attached hydrogens (tertiary/aromatic N) is 1. The maximum absolute atomic E-state index is 11.0. The zero-order valence-corrected chi connectivity index (χ0v) is 11.1. The van der Waals surface area contributed by atoms with Gasteiger partial charge < -0.3 is 5.11 Å². The summed E-state index contributed by atoms with van der Waals surface area (Å²) in [5.41, 5.74) is 3.84. The van der Waals surface area contributed by atoms with Crippen molar-refractivity contribution in [1.29, 1.82) is 0 Å². The first kappa shape index (κ1) is 13.1. The summed E-state index contributed by atoms with van der Waals surface area (Å²) in [6.07, 6.45) is 1.81. The molecule has 1 unspecified atom stereocenters. The van der Waals surface area contributed by atoms with E-state index in [-0.39, 0.29) is 5.92 Å². The number of hydrogen-bond donors (Lipinski definition) is 1. The largest absolute Gasteiger partial charge is 0.481 e. The smallest absolute Gasteiger partial charge is 0.307 e. The van der Waals surface area contributed by atoms with Gasteiger partial charge in [0.1, 0.15) is 0 Å². The van der Waals surface area contributed by atoms with Gasteiger partial charge in [-0.05, 0) is 38.8 Å². The third kappa shape index (κ3) is 3.33. The topological polar surface area (TPSA) is 40.5 Å². The lowest BCUT2D eigenvalue weighted by atomic mass is 9.97. The number of hydrogen-bond acceptors (Lipinski definition) is 2. The average Bonchev–Trinajstić information content (AvgIpc) is 2.27. The summed E-state index contributed by atoms with van der Waals surface area (Å²) in [5.74, 6) is -0.843. The fourth-order valence-corrected chi connectivity index (χ4v) is 2.82. The van der Waals surface area contributed by atoms with Crippen LogP contribution in [0.5, 0.6) is 0 Å². The van der Waals surface area contributed by atoms with Gasteiger partial charge in [0, 0.05) is 13.1 Å². The lowest BCUT2D eigenvalue weighted by Crippen LogP contribution is -2.38. The molecule has 3 heteroatoms. The molecule has 1 N–H and O–H groups in total. The number of carboxylic acids is 1. The Morgan fingerprint density at radius 2 is 2.00 bits per heavy atom. The number of likely N-dealkylation sites (tertiary alicyclic amines) is 1. The Bertz CT molecular complexity index is 422. The standard InChI is InChI=1S/C15H21NO2/c1-11-6-12(2)8-13(7-11)9-16-5-3-4-14(10-16)15(17)18/h6-8,14H,3-5,9-10H2,1-2H3,(H,17,18). The van der Waals surface area contributed by atoms with Gasteiger partial charge in [0.2, 0.25) is 0 Å². The summed E-state index contributed by atoms with van der Waals surface area (Å²) < 4.78 is 0. The lowest BCUT2D eigenvalue weighted by molar-refractivity contribution is -0.143. The maximum atomic E-state index is 11.0. The van der Waals surface area contributed by atoms with E-state index in [0.29, 0.717) is 6.54 Å². The Kier molecular flexibility index (Phi) is 4.02. The van der Waals surface area contributed by atoms with E-state index in [4.69, 9.17) is 5.11 Å². The summed E-state index contributed by atoms with van der Waals surface area (Å²) in [7, 11) is 0. The highest BCUT2D eigenvalue weighted by Gasteiger charge is 2.25. The van der Waals surface area contributed by atoms with Gasteiger partial charge in [-0.15, -0.1) is 0 Å². The van der Waals surface area contributed by atoms with Crippen molar-refractivity contribution < 1.29 is 9.90 Å². The van der Waals surface area contributed by atoms with Crippen LogP contribution in [-0.4, -0.2) is 29.1 Å². The molecule has 1 fully saturated rings. The highest BCUT2D eigenvalue weighted by molar-refractivity contribution is 5.70. The first-order valence-electron chi connectivity index (χ1n) is 6.57. The van der Waals surface area contributed by atoms with Crippen molar-refractivity contribution in [1.82, 2.24) is 4.90 Å². The van der Waals surface area contributed by atoms with Gasteiger partial charge in [-0.1, -0.05) is 29.3 Å². The second-order valence-electron chi connectivity index (χ2n) is 5.41. The Morgan fingerprint density at radius 3 is 2.61 bits per heavy atom. The third-order valence-corrected chi connectivity index (χ3v) is 3.54. The maximum Gasteiger partial charge on any atom is 0.307 e. The molecule has 1 aliphatic heterocycles. The van der Waals surface area contributed by atoms with Crippen molar-refractivity contribution in [3.05, 3.63) is 34.9 Å². The molecule has 18 heavy (non-hydrogen) atoms. The molecule has 1 aliphatic rings. The molecule has 0 aliphatic carbocycles. The van der Waals surface area contributed by atoms with Crippen LogP contribution in [0.2, 0.25) is 0 Å². The molecule has 1 saturated heterocycles. The first-order valence-corrected chi connectivity index (χ1v) is 6.57. The number of piperidine rings is 1. The fraction of sp³-hybridized carbons (Fsp3) is 0.533. The van der Waals surface area contributed by atoms with Gasteiger partial charge in [-0.2, -0.15) is 0 Å². The van der Waals surface area contributed by atoms with Crippen molar-refractivity contribution in [2.45, 2.75) is 33.2 Å². The van der Waals surface area contributed by atoms with Crippen LogP contribution in [0.15, 0.2) is 18.2 Å². The normalized spacial score (nSPS) is 20.9. The molecule has 0 aromatic heterocycles. The van der Waals surface area contributed by atoms with Crippen molar-refractivity contribution in [3.8, 4) is 0 Å². The molecule has 3 nitrogen and oxygen atoms in total. The summed E-state index contributed by atoms with van der Waals surface area (Å²) in [4.78, 5) is 13.3. The van der Waals surface area contributed by atoms with Gasteiger partial charge >= 0.3 is 5.97 Å². The molecule has 1 aromatic carbocycles. The molecule has 2 rings (SSSR count). The molecule has 98 valence electrons. The zero-order valence-electron chi connectivity index (χ0n) is 11.1. The Morgan fingerprint density at radius 1 is 1.33 bits per heavy atom. The molecule has 0 amide bonds. The van der Waals surface area contributed by atoms with E-state index in [1.807, 2.05) is 0 Å². The van der Waals surface area contributed by atoms with Crippen LogP contribution in [0, 0.1) is 19.8 Å². The van der Waals surface area contributed by atoms with Crippen LogP contribution in [0.3, 0.4) is 0 Å². The summed E-state index contributed by atoms with van der Waals surface area (Å²) >= 11 is 0. The van der Waals surface area contributed by atoms with Gasteiger partial charge in [0.25, 0.3) is 0 Å². The molecule has 0 saturated carbocycles.